The molecule has 2 aliphatic heterocycles. The van der Waals surface area contributed by atoms with E-state index in [9.17, 15) is 8.78 Å². The van der Waals surface area contributed by atoms with E-state index in [4.69, 9.17) is 11.6 Å². The van der Waals surface area contributed by atoms with Gasteiger partial charge in [0.05, 0.1) is 18.8 Å². The third kappa shape index (κ3) is 3.36. The number of nitrogens with zero attached hydrogens (tertiary/aromatic N) is 6. The van der Waals surface area contributed by atoms with E-state index in [1.54, 1.807) is 4.90 Å². The lowest BCUT2D eigenvalue weighted by Crippen LogP contribution is -2.62. The van der Waals surface area contributed by atoms with Crippen molar-refractivity contribution in [3.63, 3.8) is 0 Å². The Morgan fingerprint density at radius 1 is 1.09 bits per heavy atom. The number of halogens is 3. The molecule has 32 heavy (non-hydrogen) atoms. The van der Waals surface area contributed by atoms with E-state index < -0.39 is 6.43 Å². The van der Waals surface area contributed by atoms with E-state index in [-0.39, 0.29) is 6.54 Å². The van der Waals surface area contributed by atoms with Crippen LogP contribution in [0.15, 0.2) is 42.6 Å². The molecule has 0 bridgehead atoms. The first kappa shape index (κ1) is 20.1. The zero-order chi connectivity index (χ0) is 21.9. The molecule has 2 fully saturated rings. The molecule has 0 radical (unpaired) electrons. The van der Waals surface area contributed by atoms with Gasteiger partial charge in [0.1, 0.15) is 11.6 Å². The molecule has 1 aromatic carbocycles. The summed E-state index contributed by atoms with van der Waals surface area (Å²) in [6.45, 7) is 2.47. The fourth-order valence-electron chi connectivity index (χ4n) is 5.57. The Morgan fingerprint density at radius 2 is 1.94 bits per heavy atom. The summed E-state index contributed by atoms with van der Waals surface area (Å²) in [5.41, 5.74) is 2.19. The second kappa shape index (κ2) is 7.49. The summed E-state index contributed by atoms with van der Waals surface area (Å²) < 4.78 is 28.4. The Hall–Kier alpha value is -2.58. The molecular weight excluding hydrogens is 434 g/mol. The number of aromatic nitrogens is 4. The molecule has 9 heteroatoms. The van der Waals surface area contributed by atoms with Crippen molar-refractivity contribution in [2.45, 2.75) is 38.3 Å². The molecule has 1 spiro atoms. The highest BCUT2D eigenvalue weighted by Crippen LogP contribution is 2.56. The maximum atomic E-state index is 13.1. The summed E-state index contributed by atoms with van der Waals surface area (Å²) in [5.74, 6) is 2.99. The van der Waals surface area contributed by atoms with Gasteiger partial charge in [0.15, 0.2) is 5.82 Å². The van der Waals surface area contributed by atoms with Crippen LogP contribution in [0.2, 0.25) is 5.02 Å². The molecule has 0 unspecified atom stereocenters. The summed E-state index contributed by atoms with van der Waals surface area (Å²) in [5, 5.41) is 9.57. The summed E-state index contributed by atoms with van der Waals surface area (Å²) in [6, 6.07) is 11.7. The van der Waals surface area contributed by atoms with Crippen molar-refractivity contribution in [2.75, 3.05) is 24.5 Å². The minimum atomic E-state index is -2.40. The lowest BCUT2D eigenvalue weighted by molar-refractivity contribution is 0.0581. The summed E-state index contributed by atoms with van der Waals surface area (Å²) in [6.07, 6.45) is 1.53. The fourth-order valence-corrected chi connectivity index (χ4v) is 5.77. The van der Waals surface area contributed by atoms with Crippen LogP contribution in [-0.2, 0) is 13.1 Å². The molecule has 3 aromatic rings. The van der Waals surface area contributed by atoms with Crippen molar-refractivity contribution in [1.29, 1.82) is 0 Å². The zero-order valence-electron chi connectivity index (χ0n) is 17.5. The van der Waals surface area contributed by atoms with Crippen molar-refractivity contribution in [3.05, 3.63) is 64.8 Å². The lowest BCUT2D eigenvalue weighted by atomic mass is 9.57. The first-order chi connectivity index (χ1) is 15.5. The second-order valence-electron chi connectivity index (χ2n) is 9.29. The number of anilines is 1. The van der Waals surface area contributed by atoms with Crippen LogP contribution in [0, 0.1) is 5.41 Å². The highest BCUT2D eigenvalue weighted by atomic mass is 35.5. The van der Waals surface area contributed by atoms with Crippen LogP contribution < -0.4 is 4.90 Å². The molecule has 1 saturated heterocycles. The van der Waals surface area contributed by atoms with E-state index in [1.807, 2.05) is 36.5 Å². The molecule has 166 valence electrons. The Morgan fingerprint density at radius 3 is 2.69 bits per heavy atom. The standard InChI is InChI=1S/C23H23ClF2N6/c24-17-4-5-18-15(7-17)10-30(11-19(25)26)12-21-28-29-22(32(18)21)16-8-23(9-16)13-31(14-23)20-3-1-2-6-27-20/h1-7,16,19H,8-14H2. The summed E-state index contributed by atoms with van der Waals surface area (Å²) in [4.78, 5) is 8.49. The maximum Gasteiger partial charge on any atom is 0.251 e. The number of benzene rings is 1. The fraction of sp³-hybridized carbons (Fsp3) is 0.435. The van der Waals surface area contributed by atoms with Crippen molar-refractivity contribution >= 4 is 17.4 Å². The number of fused-ring (bicyclic) bond motifs is 3. The SMILES string of the molecule is FC(F)CN1Cc2cc(Cl)ccc2-n2c(nnc2C2CC3(C2)CN(c2ccccn2)C3)C1. The van der Waals surface area contributed by atoms with Crippen LogP contribution in [0.4, 0.5) is 14.6 Å². The van der Waals surface area contributed by atoms with E-state index >= 15 is 0 Å². The van der Waals surface area contributed by atoms with Gasteiger partial charge in [0, 0.05) is 42.2 Å². The Bertz CT molecular complexity index is 1140. The minimum absolute atomic E-state index is 0.302. The first-order valence-corrected chi connectivity index (χ1v) is 11.3. The third-order valence-corrected chi connectivity index (χ3v) is 7.18. The number of hydrogen-bond donors (Lipinski definition) is 0. The van der Waals surface area contributed by atoms with Gasteiger partial charge >= 0.3 is 0 Å². The van der Waals surface area contributed by atoms with Gasteiger partial charge < -0.3 is 4.90 Å². The highest BCUT2D eigenvalue weighted by Gasteiger charge is 2.54. The quantitative estimate of drug-likeness (QED) is 0.586. The van der Waals surface area contributed by atoms with Crippen LogP contribution in [0.25, 0.3) is 5.69 Å². The van der Waals surface area contributed by atoms with E-state index in [0.29, 0.717) is 35.3 Å². The van der Waals surface area contributed by atoms with E-state index in [2.05, 4.69) is 30.7 Å². The van der Waals surface area contributed by atoms with Gasteiger partial charge in [-0.25, -0.2) is 13.8 Å². The van der Waals surface area contributed by atoms with Gasteiger partial charge in [-0.15, -0.1) is 10.2 Å². The van der Waals surface area contributed by atoms with Gasteiger partial charge in [0.25, 0.3) is 6.43 Å². The Balaban J connectivity index is 1.25. The molecule has 0 N–H and O–H groups in total. The van der Waals surface area contributed by atoms with Crippen molar-refractivity contribution in [1.82, 2.24) is 24.6 Å². The van der Waals surface area contributed by atoms with Gasteiger partial charge in [-0.1, -0.05) is 17.7 Å². The van der Waals surface area contributed by atoms with Crippen LogP contribution in [0.5, 0.6) is 0 Å². The molecule has 6 rings (SSSR count). The zero-order valence-corrected chi connectivity index (χ0v) is 18.2. The molecule has 1 saturated carbocycles. The number of pyridine rings is 1. The third-order valence-electron chi connectivity index (χ3n) is 6.94. The minimum Gasteiger partial charge on any atom is -0.355 e. The summed E-state index contributed by atoms with van der Waals surface area (Å²) in [7, 11) is 0. The predicted molar refractivity (Wildman–Crippen MR) is 117 cm³/mol. The normalized spacial score (nSPS) is 19.9. The van der Waals surface area contributed by atoms with Crippen LogP contribution in [0.3, 0.4) is 0 Å². The van der Waals surface area contributed by atoms with Crippen molar-refractivity contribution in [3.8, 4) is 5.69 Å². The molecule has 6 nitrogen and oxygen atoms in total. The van der Waals surface area contributed by atoms with Gasteiger partial charge in [-0.2, -0.15) is 0 Å². The van der Waals surface area contributed by atoms with Crippen LogP contribution >= 0.6 is 11.6 Å². The Kier molecular flexibility index (Phi) is 4.69. The molecule has 2 aromatic heterocycles. The number of rotatable bonds is 4. The van der Waals surface area contributed by atoms with Crippen molar-refractivity contribution in [2.24, 2.45) is 5.41 Å². The van der Waals surface area contributed by atoms with Gasteiger partial charge in [0.2, 0.25) is 0 Å². The largest absolute Gasteiger partial charge is 0.355 e. The average molecular weight is 457 g/mol. The maximum absolute atomic E-state index is 13.1. The number of hydrogen-bond acceptors (Lipinski definition) is 5. The second-order valence-corrected chi connectivity index (χ2v) is 9.73. The molecule has 4 heterocycles. The smallest absolute Gasteiger partial charge is 0.251 e. The topological polar surface area (TPSA) is 50.1 Å². The predicted octanol–water partition coefficient (Wildman–Crippen LogP) is 4.28. The number of alkyl halides is 2. The van der Waals surface area contributed by atoms with Crippen LogP contribution in [-0.4, -0.2) is 50.7 Å². The first-order valence-electron chi connectivity index (χ1n) is 10.9. The average Bonchev–Trinajstić information content (AvgIpc) is 3.03. The molecular formula is C23H23ClF2N6. The van der Waals surface area contributed by atoms with Gasteiger partial charge in [-0.3, -0.25) is 9.47 Å². The highest BCUT2D eigenvalue weighted by molar-refractivity contribution is 6.30. The molecule has 0 atom stereocenters. The molecule has 1 aliphatic carbocycles. The molecule has 0 amide bonds. The van der Waals surface area contributed by atoms with Gasteiger partial charge in [-0.05, 0) is 48.7 Å². The Labute approximate surface area is 189 Å². The monoisotopic (exact) mass is 456 g/mol. The molecule has 3 aliphatic rings. The van der Waals surface area contributed by atoms with Crippen LogP contribution in [0.1, 0.15) is 36.0 Å². The van der Waals surface area contributed by atoms with E-state index in [1.165, 1.54) is 0 Å². The summed E-state index contributed by atoms with van der Waals surface area (Å²) >= 11 is 6.24. The van der Waals surface area contributed by atoms with E-state index in [0.717, 1.165) is 48.8 Å². The van der Waals surface area contributed by atoms with Crippen molar-refractivity contribution < 1.29 is 8.78 Å². The lowest BCUT2D eigenvalue weighted by Gasteiger charge is -2.59.